The average Bonchev–Trinajstić information content (AvgIpc) is 2.79. The fourth-order valence-corrected chi connectivity index (χ4v) is 4.78. The highest BCUT2D eigenvalue weighted by Gasteiger charge is 2.41. The van der Waals surface area contributed by atoms with E-state index in [0.29, 0.717) is 26.1 Å². The number of hydrogen-bond donors (Lipinski definition) is 0. The van der Waals surface area contributed by atoms with Gasteiger partial charge in [-0.15, -0.1) is 0 Å². The summed E-state index contributed by atoms with van der Waals surface area (Å²) in [5.41, 5.74) is 0. The second kappa shape index (κ2) is 5.51. The van der Waals surface area contributed by atoms with E-state index in [1.165, 1.54) is 15.2 Å². The van der Waals surface area contributed by atoms with Gasteiger partial charge in [0.25, 0.3) is 10.0 Å². The van der Waals surface area contributed by atoms with Gasteiger partial charge in [-0.05, 0) is 13.5 Å². The Labute approximate surface area is 129 Å². The van der Waals surface area contributed by atoms with Crippen molar-refractivity contribution in [3.05, 3.63) is 11.5 Å². The summed E-state index contributed by atoms with van der Waals surface area (Å²) in [6, 6.07) is 0.0877. The van der Waals surface area contributed by atoms with Crippen molar-refractivity contribution < 1.29 is 13.2 Å². The van der Waals surface area contributed by atoms with Crippen LogP contribution in [0.5, 0.6) is 0 Å². The number of imidazole rings is 1. The molecule has 1 aromatic heterocycles. The molecule has 2 saturated heterocycles. The second-order valence-electron chi connectivity index (χ2n) is 5.56. The molecule has 0 amide bonds. The molecule has 1 aromatic rings. The number of hydrogen-bond acceptors (Lipinski definition) is 5. The fraction of sp³-hybridized carbons (Fsp3) is 0.750. The first-order chi connectivity index (χ1) is 9.91. The Morgan fingerprint density at radius 2 is 2.14 bits per heavy atom. The number of fused-ring (bicyclic) bond motifs is 1. The highest BCUT2D eigenvalue weighted by atomic mass is 35.5. The lowest BCUT2D eigenvalue weighted by Gasteiger charge is -2.44. The van der Waals surface area contributed by atoms with Crippen molar-refractivity contribution in [2.24, 2.45) is 7.05 Å². The van der Waals surface area contributed by atoms with Crippen LogP contribution in [0.15, 0.2) is 11.4 Å². The molecule has 3 heterocycles. The molecule has 2 fully saturated rings. The van der Waals surface area contributed by atoms with Crippen LogP contribution in [-0.2, 0) is 21.8 Å². The van der Waals surface area contributed by atoms with Gasteiger partial charge in [-0.1, -0.05) is 11.6 Å². The molecular weight excluding hydrogens is 316 g/mol. The maximum absolute atomic E-state index is 12.7. The quantitative estimate of drug-likeness (QED) is 0.771. The number of morpholine rings is 1. The molecule has 3 rings (SSSR count). The van der Waals surface area contributed by atoms with Crippen LogP contribution in [0, 0.1) is 0 Å². The molecule has 2 atom stereocenters. The van der Waals surface area contributed by atoms with Crippen LogP contribution in [0.25, 0.3) is 0 Å². The highest BCUT2D eigenvalue weighted by molar-refractivity contribution is 7.89. The van der Waals surface area contributed by atoms with Gasteiger partial charge in [-0.2, -0.15) is 4.31 Å². The van der Waals surface area contributed by atoms with Crippen LogP contribution in [0.3, 0.4) is 0 Å². The minimum Gasteiger partial charge on any atom is -0.375 e. The summed E-state index contributed by atoms with van der Waals surface area (Å²) in [7, 11) is 0.0154. The molecule has 0 spiro atoms. The Morgan fingerprint density at radius 3 is 2.81 bits per heavy atom. The van der Waals surface area contributed by atoms with Gasteiger partial charge >= 0.3 is 0 Å². The predicted molar refractivity (Wildman–Crippen MR) is 77.8 cm³/mol. The molecule has 2 aliphatic heterocycles. The Balaban J connectivity index is 1.85. The van der Waals surface area contributed by atoms with E-state index in [1.54, 1.807) is 7.05 Å². The summed E-state index contributed by atoms with van der Waals surface area (Å²) in [4.78, 5) is 6.10. The van der Waals surface area contributed by atoms with Gasteiger partial charge in [0, 0.05) is 32.7 Å². The lowest BCUT2D eigenvalue weighted by molar-refractivity contribution is -0.0840. The van der Waals surface area contributed by atoms with Gasteiger partial charge in [0.05, 0.1) is 19.0 Å². The summed E-state index contributed by atoms with van der Waals surface area (Å²) >= 11 is 6.04. The molecule has 0 aliphatic carbocycles. The van der Waals surface area contributed by atoms with E-state index >= 15 is 0 Å². The van der Waals surface area contributed by atoms with Gasteiger partial charge in [0.2, 0.25) is 5.03 Å². The minimum absolute atomic E-state index is 0.0653. The maximum atomic E-state index is 12.7. The van der Waals surface area contributed by atoms with Gasteiger partial charge in [0.1, 0.15) is 5.15 Å². The molecule has 0 bridgehead atoms. The third-order valence-corrected chi connectivity index (χ3v) is 6.60. The number of piperidine rings is 1. The number of likely N-dealkylation sites (N-methyl/N-ethyl adjacent to an activating group) is 1. The molecule has 2 aliphatic rings. The van der Waals surface area contributed by atoms with Crippen LogP contribution in [0.4, 0.5) is 0 Å². The van der Waals surface area contributed by atoms with Gasteiger partial charge in [-0.25, -0.2) is 13.4 Å². The van der Waals surface area contributed by atoms with Gasteiger partial charge in [0.15, 0.2) is 0 Å². The van der Waals surface area contributed by atoms with Gasteiger partial charge < -0.3 is 9.30 Å². The van der Waals surface area contributed by atoms with E-state index < -0.39 is 10.0 Å². The number of aromatic nitrogens is 2. The molecule has 21 heavy (non-hydrogen) atoms. The number of rotatable bonds is 2. The maximum Gasteiger partial charge on any atom is 0.263 e. The summed E-state index contributed by atoms with van der Waals surface area (Å²) in [5, 5.41) is 0.0786. The normalized spacial score (nSPS) is 28.5. The van der Waals surface area contributed by atoms with Crippen molar-refractivity contribution in [3.8, 4) is 0 Å². The van der Waals surface area contributed by atoms with Crippen molar-refractivity contribution >= 4 is 21.6 Å². The molecule has 0 saturated carbocycles. The SMILES string of the molecule is CN1CCO[C@H]2CCN(S(=O)(=O)c3ncn(C)c3Cl)C[C@H]21. The number of halogens is 1. The minimum atomic E-state index is -3.66. The first kappa shape index (κ1) is 15.2. The van der Waals surface area contributed by atoms with E-state index in [2.05, 4.69) is 9.88 Å². The Kier molecular flexibility index (Phi) is 4.00. The zero-order valence-corrected chi connectivity index (χ0v) is 13.6. The molecule has 0 N–H and O–H groups in total. The molecule has 0 radical (unpaired) electrons. The van der Waals surface area contributed by atoms with Crippen molar-refractivity contribution in [1.82, 2.24) is 18.8 Å². The van der Waals surface area contributed by atoms with E-state index in [-0.39, 0.29) is 22.3 Å². The largest absolute Gasteiger partial charge is 0.375 e. The zero-order chi connectivity index (χ0) is 15.2. The third-order valence-electron chi connectivity index (χ3n) is 4.24. The molecule has 0 unspecified atom stereocenters. The summed E-state index contributed by atoms with van der Waals surface area (Å²) in [6.07, 6.45) is 2.21. The molecule has 118 valence electrons. The van der Waals surface area contributed by atoms with Crippen LogP contribution < -0.4 is 0 Å². The summed E-state index contributed by atoms with van der Waals surface area (Å²) in [5.74, 6) is 0. The highest BCUT2D eigenvalue weighted by Crippen LogP contribution is 2.28. The van der Waals surface area contributed by atoms with Crippen molar-refractivity contribution in [1.29, 1.82) is 0 Å². The number of ether oxygens (including phenoxy) is 1. The number of nitrogens with zero attached hydrogens (tertiary/aromatic N) is 4. The van der Waals surface area contributed by atoms with Crippen molar-refractivity contribution in [3.63, 3.8) is 0 Å². The lowest BCUT2D eigenvalue weighted by Crippen LogP contribution is -2.59. The first-order valence-electron chi connectivity index (χ1n) is 6.90. The number of sulfonamides is 1. The predicted octanol–water partition coefficient (Wildman–Crippen LogP) is 0.167. The topological polar surface area (TPSA) is 67.7 Å². The van der Waals surface area contributed by atoms with Crippen LogP contribution in [0.1, 0.15) is 6.42 Å². The van der Waals surface area contributed by atoms with E-state index in [1.807, 2.05) is 7.05 Å². The average molecular weight is 335 g/mol. The van der Waals surface area contributed by atoms with Crippen LogP contribution >= 0.6 is 11.6 Å². The molecule has 0 aromatic carbocycles. The standard InChI is InChI=1S/C12H19ClN4O3S/c1-15-5-6-20-10-3-4-17(7-9(10)15)21(18,19)12-11(13)16(2)8-14-12/h8-10H,3-7H2,1-2H3/t9-,10+/m1/s1. The fourth-order valence-electron chi connectivity index (χ4n) is 2.92. The monoisotopic (exact) mass is 334 g/mol. The number of aryl methyl sites for hydroxylation is 1. The van der Waals surface area contributed by atoms with Crippen LogP contribution in [0.2, 0.25) is 5.15 Å². The van der Waals surface area contributed by atoms with Crippen LogP contribution in [-0.4, -0.2) is 72.6 Å². The Morgan fingerprint density at radius 1 is 1.38 bits per heavy atom. The van der Waals surface area contributed by atoms with Crippen molar-refractivity contribution in [2.75, 3.05) is 33.3 Å². The smallest absolute Gasteiger partial charge is 0.263 e. The van der Waals surface area contributed by atoms with E-state index in [0.717, 1.165) is 6.54 Å². The second-order valence-corrected chi connectivity index (χ2v) is 7.77. The van der Waals surface area contributed by atoms with Gasteiger partial charge in [-0.3, -0.25) is 4.90 Å². The first-order valence-corrected chi connectivity index (χ1v) is 8.72. The molecular formula is C12H19ClN4O3S. The molecule has 7 nitrogen and oxygen atoms in total. The third kappa shape index (κ3) is 2.59. The lowest BCUT2D eigenvalue weighted by atomic mass is 10.0. The van der Waals surface area contributed by atoms with Crippen molar-refractivity contribution in [2.45, 2.75) is 23.6 Å². The summed E-state index contributed by atoms with van der Waals surface area (Å²) in [6.45, 7) is 2.37. The summed E-state index contributed by atoms with van der Waals surface area (Å²) < 4.78 is 34.1. The Bertz CT molecular complexity index is 632. The van der Waals surface area contributed by atoms with E-state index in [9.17, 15) is 8.42 Å². The van der Waals surface area contributed by atoms with E-state index in [4.69, 9.17) is 16.3 Å². The molecule has 9 heteroatoms. The zero-order valence-electron chi connectivity index (χ0n) is 12.1. The Hall–Kier alpha value is -0.670.